The van der Waals surface area contributed by atoms with E-state index < -0.39 is 0 Å². The van der Waals surface area contributed by atoms with Crippen LogP contribution < -0.4 is 5.32 Å². The molecule has 0 saturated carbocycles. The lowest BCUT2D eigenvalue weighted by molar-refractivity contribution is -0.704. The molecule has 19 heavy (non-hydrogen) atoms. The standard InChI is InChI=1S/C16H20N2O/c1-19-10-11-5-6-15-13(9-11)12-3-2-4-14-16(12)18(15)8-7-17-14/h5-6,9,14,17H,2-4,7-8,10H2,1H3/p+1. The molecule has 0 fully saturated rings. The zero-order chi connectivity index (χ0) is 12.8. The number of hydrogen-bond acceptors (Lipinski definition) is 1. The Morgan fingerprint density at radius 3 is 3.26 bits per heavy atom. The van der Waals surface area contributed by atoms with Crippen molar-refractivity contribution in [2.75, 3.05) is 13.7 Å². The third kappa shape index (κ3) is 1.65. The number of nitrogens with two attached hydrogens (primary N) is 1. The van der Waals surface area contributed by atoms with Crippen molar-refractivity contribution in [1.29, 1.82) is 0 Å². The van der Waals surface area contributed by atoms with Gasteiger partial charge in [-0.15, -0.1) is 0 Å². The van der Waals surface area contributed by atoms with Gasteiger partial charge >= 0.3 is 0 Å². The summed E-state index contributed by atoms with van der Waals surface area (Å²) in [6, 6.07) is 7.57. The van der Waals surface area contributed by atoms with Crippen LogP contribution in [-0.4, -0.2) is 18.2 Å². The van der Waals surface area contributed by atoms with Crippen LogP contribution in [0.2, 0.25) is 0 Å². The van der Waals surface area contributed by atoms with Gasteiger partial charge in [-0.1, -0.05) is 6.07 Å². The molecule has 0 amide bonds. The first kappa shape index (κ1) is 11.5. The molecule has 2 N–H and O–H groups in total. The van der Waals surface area contributed by atoms with Crippen molar-refractivity contribution in [1.82, 2.24) is 4.57 Å². The lowest BCUT2D eigenvalue weighted by Gasteiger charge is -2.27. The number of hydrogen-bond donors (Lipinski definition) is 1. The van der Waals surface area contributed by atoms with Gasteiger partial charge in [-0.2, -0.15) is 0 Å². The highest BCUT2D eigenvalue weighted by atomic mass is 16.5. The minimum absolute atomic E-state index is 0.704. The van der Waals surface area contributed by atoms with Gasteiger partial charge in [-0.05, 0) is 36.1 Å². The number of quaternary nitrogens is 1. The Kier molecular flexibility index (Phi) is 2.64. The van der Waals surface area contributed by atoms with E-state index in [1.807, 2.05) is 0 Å². The molecule has 0 saturated heterocycles. The molecule has 2 aromatic rings. The highest BCUT2D eigenvalue weighted by Gasteiger charge is 2.32. The predicted molar refractivity (Wildman–Crippen MR) is 75.1 cm³/mol. The van der Waals surface area contributed by atoms with Crippen LogP contribution >= 0.6 is 0 Å². The normalized spacial score (nSPS) is 21.6. The zero-order valence-corrected chi connectivity index (χ0v) is 11.5. The second-order valence-corrected chi connectivity index (χ2v) is 5.82. The van der Waals surface area contributed by atoms with E-state index in [9.17, 15) is 0 Å². The summed E-state index contributed by atoms with van der Waals surface area (Å²) < 4.78 is 7.85. The van der Waals surface area contributed by atoms with Crippen LogP contribution in [0.15, 0.2) is 18.2 Å². The summed E-state index contributed by atoms with van der Waals surface area (Å²) in [6.07, 6.45) is 3.93. The number of fused-ring (bicyclic) bond motifs is 3. The van der Waals surface area contributed by atoms with Gasteiger partial charge in [-0.25, -0.2) is 0 Å². The predicted octanol–water partition coefficient (Wildman–Crippen LogP) is 1.74. The first-order chi connectivity index (χ1) is 9.38. The van der Waals surface area contributed by atoms with E-state index in [4.69, 9.17) is 4.74 Å². The first-order valence-corrected chi connectivity index (χ1v) is 7.34. The van der Waals surface area contributed by atoms with Gasteiger partial charge in [0.25, 0.3) is 0 Å². The van der Waals surface area contributed by atoms with Crippen LogP contribution in [-0.2, 0) is 24.3 Å². The van der Waals surface area contributed by atoms with E-state index in [0.717, 1.165) is 6.54 Å². The minimum Gasteiger partial charge on any atom is -0.380 e. The highest BCUT2D eigenvalue weighted by molar-refractivity contribution is 5.86. The Labute approximate surface area is 113 Å². The van der Waals surface area contributed by atoms with Gasteiger partial charge in [0.15, 0.2) is 0 Å². The third-order valence-electron chi connectivity index (χ3n) is 4.68. The molecule has 2 aliphatic rings. The summed E-state index contributed by atoms with van der Waals surface area (Å²) in [5.41, 5.74) is 5.95. The summed E-state index contributed by atoms with van der Waals surface area (Å²) in [5, 5.41) is 4.01. The number of methoxy groups -OCH3 is 1. The number of ether oxygens (including phenoxy) is 1. The average molecular weight is 257 g/mol. The number of nitrogens with zero attached hydrogens (tertiary/aromatic N) is 1. The number of benzene rings is 1. The number of rotatable bonds is 2. The molecule has 0 radical (unpaired) electrons. The van der Waals surface area contributed by atoms with Crippen molar-refractivity contribution in [3.8, 4) is 0 Å². The van der Waals surface area contributed by atoms with Gasteiger partial charge in [0.05, 0.1) is 25.4 Å². The summed E-state index contributed by atoms with van der Waals surface area (Å²) in [5.74, 6) is 0. The van der Waals surface area contributed by atoms with Crippen LogP contribution in [0.25, 0.3) is 10.9 Å². The lowest BCUT2D eigenvalue weighted by Crippen LogP contribution is -2.88. The maximum absolute atomic E-state index is 5.27. The van der Waals surface area contributed by atoms with Crippen molar-refractivity contribution < 1.29 is 10.1 Å². The Bertz CT molecular complexity index is 627. The third-order valence-corrected chi connectivity index (χ3v) is 4.68. The SMILES string of the molecule is COCc1ccc2c(c1)c1c3n2CC[NH2+]C3CCC1. The summed E-state index contributed by atoms with van der Waals surface area (Å²) >= 11 is 0. The molecule has 1 aliphatic heterocycles. The molecule has 3 heteroatoms. The van der Waals surface area contributed by atoms with Crippen LogP contribution in [0.3, 0.4) is 0 Å². The van der Waals surface area contributed by atoms with E-state index in [1.165, 1.54) is 42.3 Å². The maximum Gasteiger partial charge on any atom is 0.127 e. The monoisotopic (exact) mass is 257 g/mol. The van der Waals surface area contributed by atoms with E-state index in [-0.39, 0.29) is 0 Å². The van der Waals surface area contributed by atoms with Crippen molar-refractivity contribution >= 4 is 10.9 Å². The molecule has 1 aliphatic carbocycles. The van der Waals surface area contributed by atoms with E-state index in [1.54, 1.807) is 18.4 Å². The first-order valence-electron chi connectivity index (χ1n) is 7.34. The van der Waals surface area contributed by atoms with Crippen LogP contribution in [0.5, 0.6) is 0 Å². The molecule has 100 valence electrons. The molecule has 0 spiro atoms. The maximum atomic E-state index is 5.27. The minimum atomic E-state index is 0.704. The van der Waals surface area contributed by atoms with Crippen molar-refractivity contribution in [3.05, 3.63) is 35.0 Å². The Morgan fingerprint density at radius 2 is 2.37 bits per heavy atom. The largest absolute Gasteiger partial charge is 0.380 e. The fourth-order valence-corrected chi connectivity index (χ4v) is 3.94. The molecular formula is C16H21N2O+. The van der Waals surface area contributed by atoms with E-state index >= 15 is 0 Å². The molecule has 1 atom stereocenters. The molecular weight excluding hydrogens is 236 g/mol. The van der Waals surface area contributed by atoms with Gasteiger partial charge in [-0.3, -0.25) is 0 Å². The molecule has 1 unspecified atom stereocenters. The molecule has 3 nitrogen and oxygen atoms in total. The smallest absolute Gasteiger partial charge is 0.127 e. The topological polar surface area (TPSA) is 30.8 Å². The summed E-state index contributed by atoms with van der Waals surface area (Å²) in [6.45, 7) is 3.10. The number of aryl methyl sites for hydroxylation is 1. The van der Waals surface area contributed by atoms with E-state index in [2.05, 4.69) is 28.1 Å². The second kappa shape index (κ2) is 4.36. The molecule has 2 heterocycles. The Morgan fingerprint density at radius 1 is 1.42 bits per heavy atom. The van der Waals surface area contributed by atoms with Gasteiger partial charge in [0, 0.05) is 24.4 Å². The molecule has 1 aromatic carbocycles. The van der Waals surface area contributed by atoms with Gasteiger partial charge < -0.3 is 14.6 Å². The lowest BCUT2D eigenvalue weighted by atomic mass is 9.90. The van der Waals surface area contributed by atoms with Gasteiger partial charge in [0.1, 0.15) is 6.04 Å². The molecule has 4 rings (SSSR count). The quantitative estimate of drug-likeness (QED) is 0.873. The number of aromatic nitrogens is 1. The second-order valence-electron chi connectivity index (χ2n) is 5.82. The fourth-order valence-electron chi connectivity index (χ4n) is 3.94. The van der Waals surface area contributed by atoms with E-state index in [0.29, 0.717) is 12.6 Å². The van der Waals surface area contributed by atoms with Crippen LogP contribution in [0.1, 0.15) is 35.7 Å². The van der Waals surface area contributed by atoms with Crippen molar-refractivity contribution in [3.63, 3.8) is 0 Å². The molecule has 1 aromatic heterocycles. The van der Waals surface area contributed by atoms with Gasteiger partial charge in [0.2, 0.25) is 0 Å². The van der Waals surface area contributed by atoms with Crippen molar-refractivity contribution in [2.45, 2.75) is 38.5 Å². The fraction of sp³-hybridized carbons (Fsp3) is 0.500. The van der Waals surface area contributed by atoms with Crippen LogP contribution in [0, 0.1) is 0 Å². The summed E-state index contributed by atoms with van der Waals surface area (Å²) in [7, 11) is 1.77. The Hall–Kier alpha value is -1.32. The zero-order valence-electron chi connectivity index (χ0n) is 11.5. The highest BCUT2D eigenvalue weighted by Crippen LogP contribution is 2.37. The average Bonchev–Trinajstić information content (AvgIpc) is 2.77. The Balaban J connectivity index is 1.96. The molecule has 0 bridgehead atoms. The summed E-state index contributed by atoms with van der Waals surface area (Å²) in [4.78, 5) is 0. The van der Waals surface area contributed by atoms with Crippen molar-refractivity contribution in [2.24, 2.45) is 0 Å². The van der Waals surface area contributed by atoms with Crippen LogP contribution in [0.4, 0.5) is 0 Å².